The Hall–Kier alpha value is -1.65. The van der Waals surface area contributed by atoms with Crippen LogP contribution in [0.3, 0.4) is 0 Å². The van der Waals surface area contributed by atoms with Crippen molar-refractivity contribution in [2.75, 3.05) is 11.6 Å². The van der Waals surface area contributed by atoms with Gasteiger partial charge in [0.25, 0.3) is 0 Å². The maximum absolute atomic E-state index is 13.7. The highest BCUT2D eigenvalue weighted by atomic mass is 32.2. The van der Waals surface area contributed by atoms with Gasteiger partial charge in [-0.2, -0.15) is 11.8 Å². The van der Waals surface area contributed by atoms with Gasteiger partial charge in [-0.3, -0.25) is 19.6 Å². The number of hydrogen-bond donors (Lipinski definition) is 3. The van der Waals surface area contributed by atoms with Gasteiger partial charge in [0.2, 0.25) is 18.2 Å². The monoisotopic (exact) mass is 498 g/mol. The van der Waals surface area contributed by atoms with E-state index < -0.39 is 22.7 Å². The molecule has 3 atom stereocenters. The second-order valence-corrected chi connectivity index (χ2v) is 11.6. The molecular weight excluding hydrogens is 460 g/mol. The van der Waals surface area contributed by atoms with Gasteiger partial charge in [0.1, 0.15) is 6.04 Å². The minimum absolute atomic E-state index is 0.304. The fourth-order valence-corrected chi connectivity index (χ4v) is 5.43. The maximum atomic E-state index is 13.7. The molecule has 10 heteroatoms. The maximum Gasteiger partial charge on any atom is 0.250 e. The molecule has 0 aromatic carbocycles. The number of anilines is 1. The first-order valence-electron chi connectivity index (χ1n) is 11.7. The van der Waals surface area contributed by atoms with Gasteiger partial charge >= 0.3 is 0 Å². The molecule has 1 aliphatic carbocycles. The smallest absolute Gasteiger partial charge is 0.250 e. The Kier molecular flexibility index (Phi) is 11.1. The first-order chi connectivity index (χ1) is 15.7. The molecule has 1 aliphatic rings. The van der Waals surface area contributed by atoms with Gasteiger partial charge in [-0.25, -0.2) is 10.0 Å². The number of thioether (sulfide) groups is 1. The van der Waals surface area contributed by atoms with Crippen molar-refractivity contribution in [3.63, 3.8) is 0 Å². The van der Waals surface area contributed by atoms with Crippen molar-refractivity contribution in [1.29, 1.82) is 0 Å². The molecule has 0 spiro atoms. The van der Waals surface area contributed by atoms with Gasteiger partial charge in [-0.05, 0) is 38.9 Å². The van der Waals surface area contributed by atoms with E-state index >= 15 is 0 Å². The lowest BCUT2D eigenvalue weighted by molar-refractivity contribution is -0.170. The Labute approximate surface area is 205 Å². The van der Waals surface area contributed by atoms with Crippen LogP contribution in [0.1, 0.15) is 72.1 Å². The molecule has 186 valence electrons. The van der Waals surface area contributed by atoms with Crippen LogP contribution in [0.2, 0.25) is 0 Å². The molecule has 3 amide bonds. The molecule has 0 radical (unpaired) electrons. The number of nitrogens with one attached hydrogen (secondary N) is 2. The molecule has 0 bridgehead atoms. The van der Waals surface area contributed by atoms with Crippen LogP contribution < -0.4 is 10.6 Å². The summed E-state index contributed by atoms with van der Waals surface area (Å²) in [6.07, 6.45) is 11.2. The van der Waals surface area contributed by atoms with Crippen LogP contribution in [0, 0.1) is 11.8 Å². The van der Waals surface area contributed by atoms with E-state index in [0.29, 0.717) is 41.8 Å². The highest BCUT2D eigenvalue weighted by Gasteiger charge is 2.40. The standard InChI is InChI=1S/C23H38N4O4S2/c1-5-9-18(27(31)15-28)17(14-16-10-7-6-8-11-16)20(29)25-19(23(2,3)32-4)21(30)26-22-24-12-13-33-22/h12-13,15-19,31H,5-11,14H2,1-4H3,(H,25,29)(H,24,26,30)/t17-,18+,19-/m1/s1. The average Bonchev–Trinajstić information content (AvgIpc) is 3.32. The second kappa shape index (κ2) is 13.3. The van der Waals surface area contributed by atoms with Gasteiger partial charge in [0, 0.05) is 16.3 Å². The summed E-state index contributed by atoms with van der Waals surface area (Å²) in [5, 5.41) is 19.0. The lowest BCUT2D eigenvalue weighted by atomic mass is 9.79. The molecule has 0 saturated heterocycles. The summed E-state index contributed by atoms with van der Waals surface area (Å²) in [4.78, 5) is 42.4. The van der Waals surface area contributed by atoms with Crippen LogP contribution in [0.5, 0.6) is 0 Å². The quantitative estimate of drug-likeness (QED) is 0.212. The minimum Gasteiger partial charge on any atom is -0.343 e. The summed E-state index contributed by atoms with van der Waals surface area (Å²) >= 11 is 2.80. The molecule has 1 aromatic heterocycles. The number of carbonyl (C=O) groups is 3. The predicted molar refractivity (Wildman–Crippen MR) is 133 cm³/mol. The van der Waals surface area contributed by atoms with Gasteiger partial charge in [-0.1, -0.05) is 45.4 Å². The van der Waals surface area contributed by atoms with Gasteiger partial charge < -0.3 is 10.6 Å². The van der Waals surface area contributed by atoms with Crippen molar-refractivity contribution in [1.82, 2.24) is 15.4 Å². The molecule has 1 fully saturated rings. The third-order valence-electron chi connectivity index (χ3n) is 6.58. The van der Waals surface area contributed by atoms with Crippen LogP contribution in [0.25, 0.3) is 0 Å². The number of amides is 3. The fraction of sp³-hybridized carbons (Fsp3) is 0.739. The summed E-state index contributed by atoms with van der Waals surface area (Å²) in [7, 11) is 0. The Morgan fingerprint density at radius 2 is 2.03 bits per heavy atom. The van der Waals surface area contributed by atoms with Crippen LogP contribution >= 0.6 is 23.1 Å². The van der Waals surface area contributed by atoms with Crippen molar-refractivity contribution in [2.45, 2.75) is 89.0 Å². The van der Waals surface area contributed by atoms with E-state index in [1.165, 1.54) is 29.5 Å². The number of hydroxylamine groups is 2. The van der Waals surface area contributed by atoms with Crippen molar-refractivity contribution in [3.05, 3.63) is 11.6 Å². The first-order valence-corrected chi connectivity index (χ1v) is 13.8. The van der Waals surface area contributed by atoms with Gasteiger partial charge in [0.15, 0.2) is 5.13 Å². The summed E-state index contributed by atoms with van der Waals surface area (Å²) in [6.45, 7) is 5.78. The van der Waals surface area contributed by atoms with E-state index in [9.17, 15) is 19.6 Å². The molecule has 0 aliphatic heterocycles. The SMILES string of the molecule is CCC[C@@H]([C@@H](CC1CCCCC1)C(=O)N[C@H](C(=O)Nc1nccs1)C(C)(C)SC)N(O)C=O. The number of carbonyl (C=O) groups excluding carboxylic acids is 3. The summed E-state index contributed by atoms with van der Waals surface area (Å²) in [5.41, 5.74) is 0. The highest BCUT2D eigenvalue weighted by molar-refractivity contribution is 8.00. The van der Waals surface area contributed by atoms with Gasteiger partial charge in [-0.15, -0.1) is 11.3 Å². The first kappa shape index (κ1) is 27.6. The number of nitrogens with zero attached hydrogens (tertiary/aromatic N) is 2. The summed E-state index contributed by atoms with van der Waals surface area (Å²) in [6, 6.07) is -1.45. The van der Waals surface area contributed by atoms with Crippen molar-refractivity contribution >= 4 is 46.5 Å². The second-order valence-electron chi connectivity index (χ2n) is 9.26. The van der Waals surface area contributed by atoms with Crippen LogP contribution in [-0.2, 0) is 14.4 Å². The largest absolute Gasteiger partial charge is 0.343 e. The lowest BCUT2D eigenvalue weighted by Crippen LogP contribution is -2.57. The topological polar surface area (TPSA) is 112 Å². The molecule has 8 nitrogen and oxygen atoms in total. The van der Waals surface area contributed by atoms with Gasteiger partial charge in [0.05, 0.1) is 12.0 Å². The van der Waals surface area contributed by atoms with Crippen molar-refractivity contribution in [3.8, 4) is 0 Å². The summed E-state index contributed by atoms with van der Waals surface area (Å²) in [5.74, 6) is -0.875. The molecular formula is C23H38N4O4S2. The zero-order chi connectivity index (χ0) is 24.4. The minimum atomic E-state index is -0.816. The van der Waals surface area contributed by atoms with E-state index in [2.05, 4.69) is 15.6 Å². The highest BCUT2D eigenvalue weighted by Crippen LogP contribution is 2.33. The predicted octanol–water partition coefficient (Wildman–Crippen LogP) is 4.31. The van der Waals surface area contributed by atoms with Crippen LogP contribution in [0.4, 0.5) is 5.13 Å². The van der Waals surface area contributed by atoms with Crippen LogP contribution in [0.15, 0.2) is 11.6 Å². The molecule has 1 saturated carbocycles. The van der Waals surface area contributed by atoms with E-state index in [4.69, 9.17) is 0 Å². The lowest BCUT2D eigenvalue weighted by Gasteiger charge is -2.37. The molecule has 1 aromatic rings. The number of hydrogen-bond acceptors (Lipinski definition) is 7. The van der Waals surface area contributed by atoms with E-state index in [-0.39, 0.29) is 11.8 Å². The molecule has 0 unspecified atom stereocenters. The average molecular weight is 499 g/mol. The normalized spacial score (nSPS) is 17.6. The number of rotatable bonds is 13. The van der Waals surface area contributed by atoms with Crippen molar-refractivity contribution < 1.29 is 19.6 Å². The zero-order valence-electron chi connectivity index (χ0n) is 20.1. The van der Waals surface area contributed by atoms with Crippen molar-refractivity contribution in [2.24, 2.45) is 11.8 Å². The Morgan fingerprint density at radius 1 is 1.33 bits per heavy atom. The Bertz CT molecular complexity index is 754. The third kappa shape index (κ3) is 7.96. The molecule has 3 N–H and O–H groups in total. The summed E-state index contributed by atoms with van der Waals surface area (Å²) < 4.78 is -0.587. The fourth-order valence-electron chi connectivity index (χ4n) is 4.50. The van der Waals surface area contributed by atoms with E-state index in [1.54, 1.807) is 11.6 Å². The molecule has 1 heterocycles. The van der Waals surface area contributed by atoms with E-state index in [0.717, 1.165) is 25.7 Å². The number of thiazole rings is 1. The Balaban J connectivity index is 2.28. The molecule has 33 heavy (non-hydrogen) atoms. The molecule has 2 rings (SSSR count). The van der Waals surface area contributed by atoms with E-state index in [1.807, 2.05) is 27.0 Å². The van der Waals surface area contributed by atoms with Crippen LogP contribution in [-0.4, -0.2) is 56.6 Å². The Morgan fingerprint density at radius 3 is 2.58 bits per heavy atom. The number of aromatic nitrogens is 1. The third-order valence-corrected chi connectivity index (χ3v) is 8.55. The zero-order valence-corrected chi connectivity index (χ0v) is 21.7.